The van der Waals surface area contributed by atoms with E-state index in [0.29, 0.717) is 23.0 Å². The molecule has 0 unspecified atom stereocenters. The molecule has 0 saturated heterocycles. The Labute approximate surface area is 145 Å². The Kier molecular flexibility index (Phi) is 4.32. The van der Waals surface area contributed by atoms with Gasteiger partial charge in [-0.25, -0.2) is 4.68 Å². The first-order chi connectivity index (χ1) is 11.8. The summed E-state index contributed by atoms with van der Waals surface area (Å²) < 4.78 is 1.80. The predicted molar refractivity (Wildman–Crippen MR) is 94.2 cm³/mol. The van der Waals surface area contributed by atoms with Crippen LogP contribution >= 0.6 is 0 Å². The molecule has 0 bridgehead atoms. The zero-order chi connectivity index (χ0) is 18.3. The summed E-state index contributed by atoms with van der Waals surface area (Å²) in [5.41, 5.74) is 1.02. The number of carbonyl (C=O) groups excluding carboxylic acids is 2. The number of nitrogens with one attached hydrogen (secondary N) is 2. The van der Waals surface area contributed by atoms with Gasteiger partial charge in [-0.1, -0.05) is 0 Å². The second-order valence-corrected chi connectivity index (χ2v) is 6.76. The zero-order valence-electron chi connectivity index (χ0n) is 14.8. The first-order valence-electron chi connectivity index (χ1n) is 8.40. The number of ketones is 1. The number of hydrogen-bond acceptors (Lipinski definition) is 4. The summed E-state index contributed by atoms with van der Waals surface area (Å²) in [7, 11) is 0. The summed E-state index contributed by atoms with van der Waals surface area (Å²) in [5.74, 6) is 0.416. The highest BCUT2D eigenvalue weighted by atomic mass is 16.2. The van der Waals surface area contributed by atoms with Gasteiger partial charge in [0.1, 0.15) is 11.4 Å². The molecule has 1 saturated carbocycles. The fourth-order valence-electron chi connectivity index (χ4n) is 3.02. The van der Waals surface area contributed by atoms with E-state index in [1.165, 1.54) is 13.0 Å². The molecule has 0 aromatic carbocycles. The van der Waals surface area contributed by atoms with E-state index >= 15 is 0 Å². The zero-order valence-corrected chi connectivity index (χ0v) is 14.8. The maximum atomic E-state index is 12.6. The number of anilines is 1. The number of carbonyl (C=O) groups is 2. The average Bonchev–Trinajstić information content (AvgIpc) is 3.32. The van der Waals surface area contributed by atoms with Crippen LogP contribution in [-0.4, -0.2) is 26.5 Å². The van der Waals surface area contributed by atoms with Crippen LogP contribution in [0.25, 0.3) is 0 Å². The van der Waals surface area contributed by atoms with Crippen molar-refractivity contribution in [2.75, 3.05) is 5.32 Å². The monoisotopic (exact) mass is 342 g/mol. The lowest BCUT2D eigenvalue weighted by Gasteiger charge is -2.16. The smallest absolute Gasteiger partial charge is 0.262 e. The molecule has 2 heterocycles. The van der Waals surface area contributed by atoms with Gasteiger partial charge in [0.15, 0.2) is 5.78 Å². The molecular formula is C18H22N4O3. The van der Waals surface area contributed by atoms with E-state index < -0.39 is 11.5 Å². The number of aromatic amines is 1. The Bertz CT molecular complexity index is 906. The number of hydrogen-bond donors (Lipinski definition) is 2. The third-order valence-corrected chi connectivity index (χ3v) is 4.76. The Morgan fingerprint density at radius 2 is 2.00 bits per heavy atom. The molecule has 25 heavy (non-hydrogen) atoms. The highest BCUT2D eigenvalue weighted by molar-refractivity contribution is 6.06. The molecule has 1 atom stereocenters. The molecule has 2 aromatic heterocycles. The van der Waals surface area contributed by atoms with E-state index in [1.54, 1.807) is 17.8 Å². The van der Waals surface area contributed by atoms with Crippen molar-refractivity contribution in [3.8, 4) is 0 Å². The number of aromatic nitrogens is 3. The predicted octanol–water partition coefficient (Wildman–Crippen LogP) is 2.61. The van der Waals surface area contributed by atoms with Gasteiger partial charge in [0, 0.05) is 16.8 Å². The van der Waals surface area contributed by atoms with Gasteiger partial charge in [0.2, 0.25) is 0 Å². The molecule has 0 aliphatic heterocycles. The number of nitrogens with zero attached hydrogens (tertiary/aromatic N) is 2. The van der Waals surface area contributed by atoms with Crippen LogP contribution in [0.1, 0.15) is 64.7 Å². The second-order valence-electron chi connectivity index (χ2n) is 6.76. The molecule has 3 rings (SSSR count). The van der Waals surface area contributed by atoms with E-state index in [-0.39, 0.29) is 17.4 Å². The maximum absolute atomic E-state index is 12.6. The summed E-state index contributed by atoms with van der Waals surface area (Å²) in [6.07, 6.45) is 4.02. The minimum atomic E-state index is -0.545. The van der Waals surface area contributed by atoms with Crippen LogP contribution in [0, 0.1) is 19.8 Å². The van der Waals surface area contributed by atoms with Crippen LogP contribution in [0.2, 0.25) is 0 Å². The third kappa shape index (κ3) is 3.26. The van der Waals surface area contributed by atoms with Crippen LogP contribution in [0.3, 0.4) is 0 Å². The van der Waals surface area contributed by atoms with Crippen molar-refractivity contribution in [2.45, 2.75) is 46.6 Å². The number of Topliss-reactive ketones (excluding diaryl/α,β-unsaturated/α-hetero) is 1. The number of rotatable bonds is 5. The van der Waals surface area contributed by atoms with Gasteiger partial charge in [-0.3, -0.25) is 14.4 Å². The van der Waals surface area contributed by atoms with Gasteiger partial charge in [-0.05, 0) is 52.5 Å². The highest BCUT2D eigenvalue weighted by Gasteiger charge is 2.31. The van der Waals surface area contributed by atoms with Crippen LogP contribution in [0.4, 0.5) is 5.82 Å². The van der Waals surface area contributed by atoms with Gasteiger partial charge < -0.3 is 10.3 Å². The van der Waals surface area contributed by atoms with E-state index in [0.717, 1.165) is 18.4 Å². The van der Waals surface area contributed by atoms with Crippen molar-refractivity contribution in [3.05, 3.63) is 45.0 Å². The van der Waals surface area contributed by atoms with Gasteiger partial charge in [-0.2, -0.15) is 5.10 Å². The Balaban J connectivity index is 1.93. The van der Waals surface area contributed by atoms with E-state index in [2.05, 4.69) is 22.3 Å². The van der Waals surface area contributed by atoms with Crippen molar-refractivity contribution in [1.82, 2.24) is 14.8 Å². The Morgan fingerprint density at radius 3 is 2.60 bits per heavy atom. The Morgan fingerprint density at radius 1 is 1.32 bits per heavy atom. The largest absolute Gasteiger partial charge is 0.325 e. The molecule has 7 nitrogen and oxygen atoms in total. The van der Waals surface area contributed by atoms with Gasteiger partial charge in [0.05, 0.1) is 12.2 Å². The van der Waals surface area contributed by atoms with Crippen LogP contribution < -0.4 is 10.9 Å². The van der Waals surface area contributed by atoms with E-state index in [4.69, 9.17) is 0 Å². The van der Waals surface area contributed by atoms with E-state index in [9.17, 15) is 14.4 Å². The lowest BCUT2D eigenvalue weighted by Crippen LogP contribution is -2.27. The molecule has 1 aliphatic rings. The summed E-state index contributed by atoms with van der Waals surface area (Å²) in [6.45, 7) is 6.97. The summed E-state index contributed by atoms with van der Waals surface area (Å²) >= 11 is 0. The molecule has 1 aliphatic carbocycles. The first kappa shape index (κ1) is 17.1. The van der Waals surface area contributed by atoms with Crippen molar-refractivity contribution in [2.24, 2.45) is 5.92 Å². The molecule has 1 fully saturated rings. The minimum absolute atomic E-state index is 0.0815. The molecule has 0 radical (unpaired) electrons. The summed E-state index contributed by atoms with van der Waals surface area (Å²) in [5, 5.41) is 7.16. The Hall–Kier alpha value is -2.70. The fraction of sp³-hybridized carbons (Fsp3) is 0.444. The quantitative estimate of drug-likeness (QED) is 0.816. The van der Waals surface area contributed by atoms with Crippen molar-refractivity contribution in [1.29, 1.82) is 0 Å². The first-order valence-corrected chi connectivity index (χ1v) is 8.40. The van der Waals surface area contributed by atoms with Gasteiger partial charge in [-0.15, -0.1) is 0 Å². The number of aryl methyl sites for hydroxylation is 2. The summed E-state index contributed by atoms with van der Waals surface area (Å²) in [6, 6.07) is 1.54. The van der Waals surface area contributed by atoms with Crippen LogP contribution in [0.5, 0.6) is 0 Å². The van der Waals surface area contributed by atoms with Crippen molar-refractivity contribution in [3.63, 3.8) is 0 Å². The number of amides is 1. The molecule has 7 heteroatoms. The molecular weight excluding hydrogens is 320 g/mol. The van der Waals surface area contributed by atoms with Gasteiger partial charge >= 0.3 is 0 Å². The molecule has 2 N–H and O–H groups in total. The SMILES string of the molecule is CC(=O)c1cc(C(=O)Nc2c(C)cnn2[C@H](C)C2CC2)c(=O)[nH]c1C. The van der Waals surface area contributed by atoms with Gasteiger partial charge in [0.25, 0.3) is 11.5 Å². The molecule has 132 valence electrons. The normalized spacial score (nSPS) is 15.0. The van der Waals surface area contributed by atoms with Crippen molar-refractivity contribution < 1.29 is 9.59 Å². The fourth-order valence-corrected chi connectivity index (χ4v) is 3.02. The molecule has 1 amide bonds. The number of H-pyrrole nitrogens is 1. The van der Waals surface area contributed by atoms with Crippen LogP contribution in [-0.2, 0) is 0 Å². The lowest BCUT2D eigenvalue weighted by atomic mass is 10.1. The molecule has 2 aromatic rings. The van der Waals surface area contributed by atoms with E-state index in [1.807, 2.05) is 6.92 Å². The lowest BCUT2D eigenvalue weighted by molar-refractivity contribution is 0.101. The average molecular weight is 342 g/mol. The summed E-state index contributed by atoms with van der Waals surface area (Å²) in [4.78, 5) is 39.1. The number of pyridine rings is 1. The maximum Gasteiger partial charge on any atom is 0.262 e. The third-order valence-electron chi connectivity index (χ3n) is 4.76. The van der Waals surface area contributed by atoms with Crippen LogP contribution in [0.15, 0.2) is 17.1 Å². The molecule has 0 spiro atoms. The van der Waals surface area contributed by atoms with Crippen molar-refractivity contribution >= 4 is 17.5 Å². The highest BCUT2D eigenvalue weighted by Crippen LogP contribution is 2.40. The topological polar surface area (TPSA) is 96.8 Å². The second kappa shape index (κ2) is 6.31. The standard InChI is InChI=1S/C18H22N4O3/c1-9-8-19-22(11(3)13-5-6-13)16(9)21-18(25)15-7-14(12(4)23)10(2)20-17(15)24/h7-8,11,13H,5-6H2,1-4H3,(H,20,24)(H,21,25)/t11-/m1/s1. The minimum Gasteiger partial charge on any atom is -0.325 e.